The summed E-state index contributed by atoms with van der Waals surface area (Å²) in [6.45, 7) is 3.61. The van der Waals surface area contributed by atoms with Crippen molar-refractivity contribution in [2.24, 2.45) is 5.73 Å². The van der Waals surface area contributed by atoms with Crippen LogP contribution in [0.15, 0.2) is 23.0 Å². The van der Waals surface area contributed by atoms with E-state index < -0.39 is 6.17 Å². The number of hydrogen-bond donors (Lipinski definition) is 1. The lowest BCUT2D eigenvalue weighted by atomic mass is 10.2. The summed E-state index contributed by atoms with van der Waals surface area (Å²) >= 11 is 5.92. The highest BCUT2D eigenvalue weighted by Gasteiger charge is 2.11. The second-order valence-electron chi connectivity index (χ2n) is 3.82. The summed E-state index contributed by atoms with van der Waals surface area (Å²) in [6.07, 6.45) is -0.489. The van der Waals surface area contributed by atoms with Gasteiger partial charge in [-0.1, -0.05) is 11.6 Å². The van der Waals surface area contributed by atoms with Crippen LogP contribution in [0.2, 0.25) is 5.28 Å². The van der Waals surface area contributed by atoms with Crippen LogP contribution in [-0.2, 0) is 0 Å². The third kappa shape index (κ3) is 1.70. The molecule has 0 fully saturated rings. The minimum Gasteiger partial charge on any atom is -0.311 e. The minimum absolute atomic E-state index is 0.122. The van der Waals surface area contributed by atoms with Crippen molar-refractivity contribution in [1.82, 2.24) is 9.55 Å². The average Bonchev–Trinajstić information content (AvgIpc) is 2.19. The zero-order valence-corrected chi connectivity index (χ0v) is 9.82. The van der Waals surface area contributed by atoms with Crippen molar-refractivity contribution < 1.29 is 0 Å². The van der Waals surface area contributed by atoms with Crippen molar-refractivity contribution >= 4 is 22.5 Å². The number of nitrogens with zero attached hydrogens (tertiary/aromatic N) is 2. The highest BCUT2D eigenvalue weighted by Crippen LogP contribution is 2.14. The molecule has 0 spiro atoms. The van der Waals surface area contributed by atoms with E-state index in [0.717, 1.165) is 5.56 Å². The summed E-state index contributed by atoms with van der Waals surface area (Å²) < 4.78 is 1.28. The van der Waals surface area contributed by atoms with E-state index in [4.69, 9.17) is 17.3 Å². The van der Waals surface area contributed by atoms with Gasteiger partial charge in [0.15, 0.2) is 0 Å². The van der Waals surface area contributed by atoms with E-state index in [-0.39, 0.29) is 10.8 Å². The van der Waals surface area contributed by atoms with Crippen LogP contribution >= 0.6 is 11.6 Å². The topological polar surface area (TPSA) is 60.9 Å². The van der Waals surface area contributed by atoms with Crippen LogP contribution in [0.3, 0.4) is 0 Å². The van der Waals surface area contributed by atoms with Crippen LogP contribution in [0.25, 0.3) is 10.9 Å². The Morgan fingerprint density at radius 2 is 2.19 bits per heavy atom. The molecule has 0 radical (unpaired) electrons. The highest BCUT2D eigenvalue weighted by atomic mass is 35.5. The van der Waals surface area contributed by atoms with E-state index in [0.29, 0.717) is 10.9 Å². The molecule has 1 aromatic heterocycles. The molecule has 0 aliphatic rings. The van der Waals surface area contributed by atoms with Gasteiger partial charge in [0.2, 0.25) is 5.28 Å². The van der Waals surface area contributed by atoms with E-state index in [1.165, 1.54) is 4.57 Å². The van der Waals surface area contributed by atoms with Gasteiger partial charge >= 0.3 is 0 Å². The molecule has 0 bridgehead atoms. The molecule has 2 rings (SSSR count). The fourth-order valence-electron chi connectivity index (χ4n) is 1.64. The Morgan fingerprint density at radius 1 is 1.50 bits per heavy atom. The summed E-state index contributed by atoms with van der Waals surface area (Å²) in [5.41, 5.74) is 7.08. The molecule has 16 heavy (non-hydrogen) atoms. The number of fused-ring (bicyclic) bond motifs is 1. The monoisotopic (exact) mass is 237 g/mol. The largest absolute Gasteiger partial charge is 0.311 e. The highest BCUT2D eigenvalue weighted by molar-refractivity contribution is 6.28. The first-order chi connectivity index (χ1) is 7.50. The van der Waals surface area contributed by atoms with Crippen molar-refractivity contribution in [3.8, 4) is 0 Å². The Bertz CT molecular complexity index is 604. The molecule has 0 aliphatic carbocycles. The molecule has 4 nitrogen and oxygen atoms in total. The van der Waals surface area contributed by atoms with Gasteiger partial charge in [0.25, 0.3) is 5.56 Å². The first-order valence-corrected chi connectivity index (χ1v) is 5.32. The van der Waals surface area contributed by atoms with E-state index in [2.05, 4.69) is 4.98 Å². The predicted molar refractivity (Wildman–Crippen MR) is 64.6 cm³/mol. The van der Waals surface area contributed by atoms with Gasteiger partial charge in [0.1, 0.15) is 0 Å². The molecule has 0 saturated carbocycles. The van der Waals surface area contributed by atoms with E-state index in [1.54, 1.807) is 19.1 Å². The fraction of sp³-hybridized carbons (Fsp3) is 0.273. The number of nitrogens with two attached hydrogens (primary N) is 1. The molecular formula is C11H12ClN3O. The maximum atomic E-state index is 12.1. The van der Waals surface area contributed by atoms with Gasteiger partial charge in [-0.25, -0.2) is 4.98 Å². The molecule has 2 N–H and O–H groups in total. The van der Waals surface area contributed by atoms with Gasteiger partial charge in [-0.05, 0) is 37.6 Å². The van der Waals surface area contributed by atoms with Crippen molar-refractivity contribution in [3.05, 3.63) is 39.4 Å². The SMILES string of the molecule is Cc1ccc2nc(Cl)n(C(C)N)c(=O)c2c1. The smallest absolute Gasteiger partial charge is 0.263 e. The van der Waals surface area contributed by atoms with E-state index in [1.807, 2.05) is 13.0 Å². The molecule has 1 heterocycles. The van der Waals surface area contributed by atoms with Crippen molar-refractivity contribution in [1.29, 1.82) is 0 Å². The lowest BCUT2D eigenvalue weighted by Gasteiger charge is -2.12. The van der Waals surface area contributed by atoms with Crippen LogP contribution in [0.1, 0.15) is 18.7 Å². The standard InChI is InChI=1S/C11H12ClN3O/c1-6-3-4-9-8(5-6)10(16)15(7(2)13)11(12)14-9/h3-5,7H,13H2,1-2H3. The van der Waals surface area contributed by atoms with E-state index in [9.17, 15) is 4.79 Å². The zero-order valence-electron chi connectivity index (χ0n) is 9.07. The quantitative estimate of drug-likeness (QED) is 0.770. The molecule has 0 aliphatic heterocycles. The average molecular weight is 238 g/mol. The first kappa shape index (κ1) is 11.1. The maximum absolute atomic E-state index is 12.1. The summed E-state index contributed by atoms with van der Waals surface area (Å²) in [4.78, 5) is 16.2. The molecule has 1 aromatic carbocycles. The van der Waals surface area contributed by atoms with Crippen molar-refractivity contribution in [2.75, 3.05) is 0 Å². The summed E-state index contributed by atoms with van der Waals surface area (Å²) in [5, 5.41) is 0.665. The summed E-state index contributed by atoms with van der Waals surface area (Å²) in [7, 11) is 0. The summed E-state index contributed by atoms with van der Waals surface area (Å²) in [5.74, 6) is 0. The molecule has 84 valence electrons. The number of rotatable bonds is 1. The lowest BCUT2D eigenvalue weighted by Crippen LogP contribution is -2.29. The Hall–Kier alpha value is -1.39. The second-order valence-corrected chi connectivity index (χ2v) is 4.16. The molecule has 5 heteroatoms. The van der Waals surface area contributed by atoms with Crippen LogP contribution in [0.4, 0.5) is 0 Å². The number of aromatic nitrogens is 2. The van der Waals surface area contributed by atoms with E-state index >= 15 is 0 Å². The number of aryl methyl sites for hydroxylation is 1. The second kappa shape index (κ2) is 3.88. The number of hydrogen-bond acceptors (Lipinski definition) is 3. The normalized spacial score (nSPS) is 13.0. The van der Waals surface area contributed by atoms with Crippen LogP contribution in [0.5, 0.6) is 0 Å². The summed E-state index contributed by atoms with van der Waals surface area (Å²) in [6, 6.07) is 5.46. The van der Waals surface area contributed by atoms with Crippen LogP contribution in [-0.4, -0.2) is 9.55 Å². The van der Waals surface area contributed by atoms with Gasteiger partial charge in [-0.3, -0.25) is 9.36 Å². The number of halogens is 1. The predicted octanol–water partition coefficient (Wildman–Crippen LogP) is 1.84. The van der Waals surface area contributed by atoms with Gasteiger partial charge in [0.05, 0.1) is 17.1 Å². The van der Waals surface area contributed by atoms with Crippen LogP contribution < -0.4 is 11.3 Å². The Labute approximate surface area is 97.7 Å². The Kier molecular flexibility index (Phi) is 2.69. The van der Waals surface area contributed by atoms with Crippen LogP contribution in [0, 0.1) is 6.92 Å². The third-order valence-electron chi connectivity index (χ3n) is 2.42. The minimum atomic E-state index is -0.489. The fourth-order valence-corrected chi connectivity index (χ4v) is 1.96. The zero-order chi connectivity index (χ0) is 11.9. The van der Waals surface area contributed by atoms with Gasteiger partial charge in [-0.2, -0.15) is 0 Å². The molecular weight excluding hydrogens is 226 g/mol. The van der Waals surface area contributed by atoms with Gasteiger partial charge in [0, 0.05) is 0 Å². The van der Waals surface area contributed by atoms with Gasteiger partial charge < -0.3 is 5.73 Å². The third-order valence-corrected chi connectivity index (χ3v) is 2.69. The molecule has 0 saturated heterocycles. The Morgan fingerprint density at radius 3 is 2.81 bits per heavy atom. The first-order valence-electron chi connectivity index (χ1n) is 4.94. The molecule has 1 atom stereocenters. The maximum Gasteiger partial charge on any atom is 0.263 e. The lowest BCUT2D eigenvalue weighted by molar-refractivity contribution is 0.548. The molecule has 0 amide bonds. The number of benzene rings is 1. The molecule has 2 aromatic rings. The van der Waals surface area contributed by atoms with Crippen molar-refractivity contribution in [3.63, 3.8) is 0 Å². The molecule has 1 unspecified atom stereocenters. The van der Waals surface area contributed by atoms with Crippen molar-refractivity contribution in [2.45, 2.75) is 20.0 Å². The van der Waals surface area contributed by atoms with Gasteiger partial charge in [-0.15, -0.1) is 0 Å². The Balaban J connectivity index is 2.91.